The first-order valence-electron chi connectivity index (χ1n) is 10.8. The number of esters is 1. The Labute approximate surface area is 197 Å². The molecule has 2 N–H and O–H groups in total. The minimum absolute atomic E-state index is 0.251. The van der Waals surface area contributed by atoms with E-state index in [0.717, 1.165) is 0 Å². The molecular weight excluding hydrogens is 436 g/mol. The van der Waals surface area contributed by atoms with Gasteiger partial charge in [-0.2, -0.15) is 5.10 Å². The van der Waals surface area contributed by atoms with Crippen molar-refractivity contribution >= 4 is 18.1 Å². The van der Waals surface area contributed by atoms with Crippen LogP contribution >= 0.6 is 0 Å². The lowest BCUT2D eigenvalue weighted by atomic mass is 10.1. The number of amides is 1. The van der Waals surface area contributed by atoms with Crippen molar-refractivity contribution in [2.45, 2.75) is 20.0 Å². The number of hydrogen-bond acceptors (Lipinski definition) is 7. The summed E-state index contributed by atoms with van der Waals surface area (Å²) in [4.78, 5) is 24.6. The van der Waals surface area contributed by atoms with Crippen molar-refractivity contribution < 1.29 is 28.9 Å². The van der Waals surface area contributed by atoms with Crippen LogP contribution in [0.1, 0.15) is 41.4 Å². The molecule has 3 rings (SSSR count). The highest BCUT2D eigenvalue weighted by Gasteiger charge is 2.16. The Balaban J connectivity index is 1.66. The van der Waals surface area contributed by atoms with E-state index in [1.165, 1.54) is 6.21 Å². The highest BCUT2D eigenvalue weighted by Crippen LogP contribution is 2.29. The van der Waals surface area contributed by atoms with Gasteiger partial charge in [0, 0.05) is 0 Å². The minimum Gasteiger partial charge on any atom is -0.494 e. The zero-order chi connectivity index (χ0) is 24.3. The lowest BCUT2D eigenvalue weighted by Crippen LogP contribution is -2.25. The van der Waals surface area contributed by atoms with Gasteiger partial charge in [-0.15, -0.1) is 0 Å². The summed E-state index contributed by atoms with van der Waals surface area (Å²) >= 11 is 0. The number of hydrazone groups is 1. The Morgan fingerprint density at radius 2 is 1.65 bits per heavy atom. The number of benzene rings is 3. The highest BCUT2D eigenvalue weighted by molar-refractivity contribution is 5.92. The summed E-state index contributed by atoms with van der Waals surface area (Å²) in [7, 11) is 0. The lowest BCUT2D eigenvalue weighted by Gasteiger charge is -2.12. The van der Waals surface area contributed by atoms with Crippen LogP contribution in [0.3, 0.4) is 0 Å². The normalized spacial score (nSPS) is 11.6. The van der Waals surface area contributed by atoms with Crippen LogP contribution in [-0.4, -0.2) is 36.4 Å². The van der Waals surface area contributed by atoms with E-state index < -0.39 is 18.0 Å². The first-order chi connectivity index (χ1) is 16.5. The van der Waals surface area contributed by atoms with Crippen LogP contribution in [0, 0.1) is 0 Å². The standard InChI is InChI=1S/C26H26N2O6/c1-3-32-21-13-11-20(12-14-21)26(31)34-22-15-10-18(16-23(22)33-4-2)17-27-28-25(30)24(29)19-8-6-5-7-9-19/h5-17,24,29H,3-4H2,1-2H3,(H,28,30)/b27-17-/t24-/m0/s1. The third-order valence-electron chi connectivity index (χ3n) is 4.62. The SMILES string of the molecule is CCOc1ccc(C(=O)Oc2ccc(/C=N\NC(=O)[C@@H](O)c3ccccc3)cc2OCC)cc1. The Hall–Kier alpha value is -4.17. The molecule has 0 saturated heterocycles. The third-order valence-corrected chi connectivity index (χ3v) is 4.62. The summed E-state index contributed by atoms with van der Waals surface area (Å²) in [6.07, 6.45) is 0.0673. The minimum atomic E-state index is -1.33. The molecule has 0 aliphatic rings. The van der Waals surface area contributed by atoms with E-state index in [1.807, 2.05) is 13.8 Å². The van der Waals surface area contributed by atoms with Crippen LogP contribution in [-0.2, 0) is 4.79 Å². The van der Waals surface area contributed by atoms with Gasteiger partial charge in [-0.3, -0.25) is 4.79 Å². The average Bonchev–Trinajstić information content (AvgIpc) is 2.86. The van der Waals surface area contributed by atoms with E-state index in [-0.39, 0.29) is 5.75 Å². The van der Waals surface area contributed by atoms with Crippen molar-refractivity contribution in [1.29, 1.82) is 0 Å². The van der Waals surface area contributed by atoms with Gasteiger partial charge in [0.25, 0.3) is 5.91 Å². The maximum atomic E-state index is 12.5. The molecule has 0 aromatic heterocycles. The molecule has 0 saturated carbocycles. The molecule has 0 spiro atoms. The second kappa shape index (κ2) is 12.2. The van der Waals surface area contributed by atoms with E-state index in [1.54, 1.807) is 72.8 Å². The van der Waals surface area contributed by atoms with Crippen molar-refractivity contribution in [3.63, 3.8) is 0 Å². The molecule has 1 atom stereocenters. The molecule has 0 heterocycles. The Bertz CT molecular complexity index is 1130. The lowest BCUT2D eigenvalue weighted by molar-refractivity contribution is -0.129. The maximum Gasteiger partial charge on any atom is 0.343 e. The van der Waals surface area contributed by atoms with Crippen molar-refractivity contribution in [2.75, 3.05) is 13.2 Å². The summed E-state index contributed by atoms with van der Waals surface area (Å²) in [6.45, 7) is 4.58. The maximum absolute atomic E-state index is 12.5. The molecule has 8 nitrogen and oxygen atoms in total. The van der Waals surface area contributed by atoms with Crippen LogP contribution in [0.15, 0.2) is 77.9 Å². The van der Waals surface area contributed by atoms with Gasteiger partial charge in [-0.05, 0) is 67.4 Å². The quantitative estimate of drug-likeness (QED) is 0.205. The summed E-state index contributed by atoms with van der Waals surface area (Å²) < 4.78 is 16.5. The van der Waals surface area contributed by atoms with Gasteiger partial charge < -0.3 is 19.3 Å². The zero-order valence-corrected chi connectivity index (χ0v) is 18.9. The van der Waals surface area contributed by atoms with Crippen molar-refractivity contribution in [1.82, 2.24) is 5.43 Å². The summed E-state index contributed by atoms with van der Waals surface area (Å²) in [6, 6.07) is 20.1. The van der Waals surface area contributed by atoms with Gasteiger partial charge in [0.15, 0.2) is 17.6 Å². The number of hydrogen-bond donors (Lipinski definition) is 2. The molecule has 0 fully saturated rings. The second-order valence-electron chi connectivity index (χ2n) is 7.03. The van der Waals surface area contributed by atoms with Gasteiger partial charge in [0.1, 0.15) is 5.75 Å². The molecule has 0 unspecified atom stereocenters. The molecule has 1 amide bonds. The molecular formula is C26H26N2O6. The largest absolute Gasteiger partial charge is 0.494 e. The second-order valence-corrected chi connectivity index (χ2v) is 7.03. The van der Waals surface area contributed by atoms with Crippen molar-refractivity contribution in [3.05, 3.63) is 89.5 Å². The number of rotatable bonds is 10. The van der Waals surface area contributed by atoms with Gasteiger partial charge in [-0.1, -0.05) is 30.3 Å². The number of nitrogens with zero attached hydrogens (tertiary/aromatic N) is 1. The van der Waals surface area contributed by atoms with Crippen LogP contribution in [0.2, 0.25) is 0 Å². The van der Waals surface area contributed by atoms with Gasteiger partial charge in [0.05, 0.1) is 25.0 Å². The number of nitrogens with one attached hydrogen (secondary N) is 1. The predicted octanol–water partition coefficient (Wildman–Crippen LogP) is 3.89. The fourth-order valence-corrected chi connectivity index (χ4v) is 2.99. The fraction of sp³-hybridized carbons (Fsp3) is 0.192. The van der Waals surface area contributed by atoms with E-state index in [2.05, 4.69) is 10.5 Å². The molecule has 3 aromatic carbocycles. The van der Waals surface area contributed by atoms with E-state index in [0.29, 0.717) is 41.4 Å². The van der Waals surface area contributed by atoms with E-state index in [4.69, 9.17) is 14.2 Å². The van der Waals surface area contributed by atoms with Gasteiger partial charge in [-0.25, -0.2) is 10.2 Å². The fourth-order valence-electron chi connectivity index (χ4n) is 2.99. The molecule has 8 heteroatoms. The monoisotopic (exact) mass is 462 g/mol. The van der Waals surface area contributed by atoms with E-state index in [9.17, 15) is 14.7 Å². The number of aliphatic hydroxyl groups excluding tert-OH is 1. The summed E-state index contributed by atoms with van der Waals surface area (Å²) in [5.74, 6) is 0.0739. The Morgan fingerprint density at radius 3 is 2.32 bits per heavy atom. The van der Waals surface area contributed by atoms with Gasteiger partial charge >= 0.3 is 5.97 Å². The number of carbonyl (C=O) groups is 2. The van der Waals surface area contributed by atoms with Crippen molar-refractivity contribution in [3.8, 4) is 17.2 Å². The predicted molar refractivity (Wildman–Crippen MR) is 127 cm³/mol. The molecule has 3 aromatic rings. The molecule has 34 heavy (non-hydrogen) atoms. The van der Waals surface area contributed by atoms with Gasteiger partial charge in [0.2, 0.25) is 0 Å². The van der Waals surface area contributed by atoms with Crippen LogP contribution in [0.4, 0.5) is 0 Å². The van der Waals surface area contributed by atoms with Crippen molar-refractivity contribution in [2.24, 2.45) is 5.10 Å². The topological polar surface area (TPSA) is 106 Å². The number of carbonyl (C=O) groups excluding carboxylic acids is 2. The summed E-state index contributed by atoms with van der Waals surface area (Å²) in [5, 5.41) is 14.0. The third kappa shape index (κ3) is 6.66. The molecule has 176 valence electrons. The Kier molecular flexibility index (Phi) is 8.76. The van der Waals surface area contributed by atoms with Crippen LogP contribution in [0.5, 0.6) is 17.2 Å². The molecule has 0 aliphatic carbocycles. The molecule has 0 aliphatic heterocycles. The average molecular weight is 463 g/mol. The zero-order valence-electron chi connectivity index (χ0n) is 18.9. The smallest absolute Gasteiger partial charge is 0.343 e. The molecule has 0 bridgehead atoms. The van der Waals surface area contributed by atoms with E-state index >= 15 is 0 Å². The van der Waals surface area contributed by atoms with Crippen LogP contribution in [0.25, 0.3) is 0 Å². The Morgan fingerprint density at radius 1 is 0.941 bits per heavy atom. The highest BCUT2D eigenvalue weighted by atomic mass is 16.6. The first kappa shape index (κ1) is 24.5. The number of ether oxygens (including phenoxy) is 3. The number of aliphatic hydroxyl groups is 1. The van der Waals surface area contributed by atoms with Crippen LogP contribution < -0.4 is 19.6 Å². The molecule has 0 radical (unpaired) electrons. The summed E-state index contributed by atoms with van der Waals surface area (Å²) in [5.41, 5.74) is 3.74. The first-order valence-corrected chi connectivity index (χ1v) is 10.8.